The predicted molar refractivity (Wildman–Crippen MR) is 82.7 cm³/mol. The summed E-state index contributed by atoms with van der Waals surface area (Å²) >= 11 is 0. The Hall–Kier alpha value is -2.34. The third-order valence-electron chi connectivity index (χ3n) is 3.60. The van der Waals surface area contributed by atoms with Gasteiger partial charge >= 0.3 is 0 Å². The van der Waals surface area contributed by atoms with Crippen LogP contribution >= 0.6 is 0 Å². The zero-order valence-corrected chi connectivity index (χ0v) is 13.1. The number of amides is 1. The molecule has 0 spiro atoms. The summed E-state index contributed by atoms with van der Waals surface area (Å²) in [5.74, 6) is 0.576. The molecule has 2 N–H and O–H groups in total. The van der Waals surface area contributed by atoms with Crippen molar-refractivity contribution in [3.05, 3.63) is 47.3 Å². The molecule has 0 saturated carbocycles. The lowest BCUT2D eigenvalue weighted by Crippen LogP contribution is -2.29. The van der Waals surface area contributed by atoms with E-state index in [-0.39, 0.29) is 11.9 Å². The molecular weight excluding hydrogens is 282 g/mol. The van der Waals surface area contributed by atoms with Crippen molar-refractivity contribution in [2.75, 3.05) is 20.2 Å². The summed E-state index contributed by atoms with van der Waals surface area (Å²) in [6, 6.07) is 6.98. The standard InChI is InChI=1S/C16H21N3O3/c1-11-4-5-13(10-15(11)21-9-7-17)16(20)19(3)12(2)14-6-8-22-18-14/h4-6,8,10,12H,7,9,17H2,1-3H3/t12-/m1/s1. The van der Waals surface area contributed by atoms with Crippen molar-refractivity contribution < 1.29 is 14.1 Å². The number of rotatable bonds is 6. The second-order valence-corrected chi connectivity index (χ2v) is 5.13. The van der Waals surface area contributed by atoms with Gasteiger partial charge in [-0.2, -0.15) is 0 Å². The molecule has 0 aliphatic carbocycles. The van der Waals surface area contributed by atoms with Gasteiger partial charge in [0.05, 0.1) is 6.04 Å². The first-order valence-electron chi connectivity index (χ1n) is 7.15. The van der Waals surface area contributed by atoms with E-state index in [1.54, 1.807) is 30.1 Å². The van der Waals surface area contributed by atoms with Gasteiger partial charge in [0.25, 0.3) is 5.91 Å². The number of aromatic nitrogens is 1. The highest BCUT2D eigenvalue weighted by Crippen LogP contribution is 2.23. The van der Waals surface area contributed by atoms with Gasteiger partial charge in [-0.05, 0) is 31.5 Å². The summed E-state index contributed by atoms with van der Waals surface area (Å²) in [7, 11) is 1.74. The average molecular weight is 303 g/mol. The molecule has 0 bridgehead atoms. The van der Waals surface area contributed by atoms with Crippen LogP contribution in [0.2, 0.25) is 0 Å². The number of benzene rings is 1. The molecule has 0 unspecified atom stereocenters. The zero-order valence-electron chi connectivity index (χ0n) is 13.1. The Kier molecular flexibility index (Phi) is 5.16. The van der Waals surface area contributed by atoms with Gasteiger partial charge in [0.1, 0.15) is 24.3 Å². The van der Waals surface area contributed by atoms with Gasteiger partial charge in [-0.25, -0.2) is 0 Å². The molecule has 1 amide bonds. The van der Waals surface area contributed by atoms with Crippen LogP contribution in [0.5, 0.6) is 5.75 Å². The van der Waals surface area contributed by atoms with Crippen LogP contribution in [0.15, 0.2) is 35.1 Å². The van der Waals surface area contributed by atoms with E-state index in [1.165, 1.54) is 6.26 Å². The summed E-state index contributed by atoms with van der Waals surface area (Å²) in [5, 5.41) is 3.88. The summed E-state index contributed by atoms with van der Waals surface area (Å²) in [4.78, 5) is 14.2. The van der Waals surface area contributed by atoms with Crippen molar-refractivity contribution in [1.82, 2.24) is 10.1 Å². The third-order valence-corrected chi connectivity index (χ3v) is 3.60. The number of hydrogen-bond acceptors (Lipinski definition) is 5. The van der Waals surface area contributed by atoms with E-state index >= 15 is 0 Å². The normalized spacial score (nSPS) is 12.0. The lowest BCUT2D eigenvalue weighted by molar-refractivity contribution is 0.0737. The van der Waals surface area contributed by atoms with Crippen molar-refractivity contribution >= 4 is 5.91 Å². The molecular formula is C16H21N3O3. The Morgan fingerprint density at radius 2 is 2.23 bits per heavy atom. The molecule has 0 aliphatic heterocycles. The minimum absolute atomic E-state index is 0.104. The SMILES string of the molecule is Cc1ccc(C(=O)N(C)[C@H](C)c2ccon2)cc1OCCN. The first-order valence-corrected chi connectivity index (χ1v) is 7.15. The number of carbonyl (C=O) groups is 1. The molecule has 2 aromatic rings. The lowest BCUT2D eigenvalue weighted by atomic mass is 10.1. The first kappa shape index (κ1) is 16.0. The van der Waals surface area contributed by atoms with E-state index in [9.17, 15) is 4.79 Å². The van der Waals surface area contributed by atoms with Crippen LogP contribution < -0.4 is 10.5 Å². The van der Waals surface area contributed by atoms with Gasteiger partial charge in [0.15, 0.2) is 0 Å². The lowest BCUT2D eigenvalue weighted by Gasteiger charge is -2.23. The van der Waals surface area contributed by atoms with Crippen LogP contribution in [0.25, 0.3) is 0 Å². The smallest absolute Gasteiger partial charge is 0.254 e. The summed E-state index contributed by atoms with van der Waals surface area (Å²) < 4.78 is 10.4. The molecule has 6 nitrogen and oxygen atoms in total. The molecule has 1 heterocycles. The van der Waals surface area contributed by atoms with Gasteiger partial charge in [0, 0.05) is 25.2 Å². The van der Waals surface area contributed by atoms with E-state index in [4.69, 9.17) is 15.0 Å². The van der Waals surface area contributed by atoms with E-state index < -0.39 is 0 Å². The van der Waals surface area contributed by atoms with Gasteiger partial charge in [-0.3, -0.25) is 4.79 Å². The Morgan fingerprint density at radius 1 is 1.45 bits per heavy atom. The monoisotopic (exact) mass is 303 g/mol. The summed E-state index contributed by atoms with van der Waals surface area (Å²) in [6.07, 6.45) is 1.49. The second-order valence-electron chi connectivity index (χ2n) is 5.13. The Bertz CT molecular complexity index is 626. The zero-order chi connectivity index (χ0) is 16.1. The number of carbonyl (C=O) groups excluding carboxylic acids is 1. The van der Waals surface area contributed by atoms with E-state index in [0.717, 1.165) is 5.56 Å². The van der Waals surface area contributed by atoms with Crippen molar-refractivity contribution in [2.24, 2.45) is 5.73 Å². The maximum atomic E-state index is 12.6. The second kappa shape index (κ2) is 7.09. The van der Waals surface area contributed by atoms with Crippen LogP contribution in [0.3, 0.4) is 0 Å². The topological polar surface area (TPSA) is 81.6 Å². The predicted octanol–water partition coefficient (Wildman–Crippen LogP) is 2.15. The third kappa shape index (κ3) is 3.46. The average Bonchev–Trinajstić information content (AvgIpc) is 3.06. The molecule has 2 rings (SSSR count). The van der Waals surface area contributed by atoms with Crippen molar-refractivity contribution in [3.8, 4) is 5.75 Å². The minimum atomic E-state index is -0.180. The molecule has 6 heteroatoms. The maximum absolute atomic E-state index is 12.6. The molecule has 1 atom stereocenters. The van der Waals surface area contributed by atoms with Gasteiger partial charge in [-0.1, -0.05) is 11.2 Å². The number of ether oxygens (including phenoxy) is 1. The van der Waals surface area contributed by atoms with Crippen LogP contribution in [-0.2, 0) is 0 Å². The van der Waals surface area contributed by atoms with Crippen molar-refractivity contribution in [3.63, 3.8) is 0 Å². The Balaban J connectivity index is 2.18. The number of nitrogens with zero attached hydrogens (tertiary/aromatic N) is 2. The highest BCUT2D eigenvalue weighted by atomic mass is 16.5. The fraction of sp³-hybridized carbons (Fsp3) is 0.375. The Labute approximate surface area is 129 Å². The van der Waals surface area contributed by atoms with E-state index in [0.29, 0.717) is 30.2 Å². The Morgan fingerprint density at radius 3 is 2.86 bits per heavy atom. The summed E-state index contributed by atoms with van der Waals surface area (Å²) in [5.41, 5.74) is 7.70. The van der Waals surface area contributed by atoms with E-state index in [1.807, 2.05) is 19.9 Å². The fourth-order valence-corrected chi connectivity index (χ4v) is 2.07. The van der Waals surface area contributed by atoms with Gasteiger partial charge in [0.2, 0.25) is 0 Å². The highest BCUT2D eigenvalue weighted by molar-refractivity contribution is 5.94. The molecule has 1 aromatic heterocycles. The molecule has 0 saturated heterocycles. The first-order chi connectivity index (χ1) is 10.5. The van der Waals surface area contributed by atoms with E-state index in [2.05, 4.69) is 5.16 Å². The summed E-state index contributed by atoms with van der Waals surface area (Å²) in [6.45, 7) is 4.68. The van der Waals surface area contributed by atoms with Crippen molar-refractivity contribution in [2.45, 2.75) is 19.9 Å². The minimum Gasteiger partial charge on any atom is -0.492 e. The van der Waals surface area contributed by atoms with Crippen LogP contribution in [0.1, 0.15) is 34.6 Å². The van der Waals surface area contributed by atoms with Gasteiger partial charge in [-0.15, -0.1) is 0 Å². The molecule has 0 aliphatic rings. The molecule has 0 radical (unpaired) electrons. The number of aryl methyl sites for hydroxylation is 1. The molecule has 22 heavy (non-hydrogen) atoms. The highest BCUT2D eigenvalue weighted by Gasteiger charge is 2.21. The molecule has 0 fully saturated rings. The van der Waals surface area contributed by atoms with Crippen LogP contribution in [0, 0.1) is 6.92 Å². The molecule has 1 aromatic carbocycles. The van der Waals surface area contributed by atoms with Crippen LogP contribution in [0.4, 0.5) is 0 Å². The molecule has 118 valence electrons. The van der Waals surface area contributed by atoms with Gasteiger partial charge < -0.3 is 19.9 Å². The maximum Gasteiger partial charge on any atom is 0.254 e. The quantitative estimate of drug-likeness (QED) is 0.884. The number of nitrogens with two attached hydrogens (primary N) is 1. The van der Waals surface area contributed by atoms with Crippen LogP contribution in [-0.4, -0.2) is 36.2 Å². The fourth-order valence-electron chi connectivity index (χ4n) is 2.07. The van der Waals surface area contributed by atoms with Crippen molar-refractivity contribution in [1.29, 1.82) is 0 Å². The number of hydrogen-bond donors (Lipinski definition) is 1. The largest absolute Gasteiger partial charge is 0.492 e.